The van der Waals surface area contributed by atoms with Crippen molar-refractivity contribution in [2.75, 3.05) is 0 Å². The number of rotatable bonds is 3. The van der Waals surface area contributed by atoms with Crippen LogP contribution >= 0.6 is 0 Å². The second kappa shape index (κ2) is 5.14. The Morgan fingerprint density at radius 1 is 1.36 bits per heavy atom. The number of carboxylic acid groups (broad SMARTS) is 1. The zero-order chi connectivity index (χ0) is 15.9. The second-order valence-corrected chi connectivity index (χ2v) is 5.23. The van der Waals surface area contributed by atoms with Crippen LogP contribution in [0.3, 0.4) is 0 Å². The minimum absolute atomic E-state index is 0.768. The maximum absolute atomic E-state index is 10.8. The number of carbonyl (C=O) groups is 1. The van der Waals surface area contributed by atoms with Crippen molar-refractivity contribution in [1.29, 1.82) is 0 Å². The lowest BCUT2D eigenvalue weighted by Crippen LogP contribution is -2.04. The zero-order valence-corrected chi connectivity index (χ0v) is 12.6. The average molecular weight is 296 g/mol. The van der Waals surface area contributed by atoms with Gasteiger partial charge in [0.25, 0.3) is 0 Å². The summed E-state index contributed by atoms with van der Waals surface area (Å²) in [6.07, 6.45) is 6.43. The normalized spacial score (nSPS) is 11.6. The van der Waals surface area contributed by atoms with Crippen LogP contribution in [-0.2, 0) is 11.8 Å². The van der Waals surface area contributed by atoms with Gasteiger partial charge in [-0.2, -0.15) is 5.10 Å². The van der Waals surface area contributed by atoms with Gasteiger partial charge in [0.15, 0.2) is 0 Å². The summed E-state index contributed by atoms with van der Waals surface area (Å²) in [6, 6.07) is 4.05. The standard InChI is InChI=1S/C16H16N4O2/c1-10-8-12-6-7-20(15(12)17-9-10)16-13(4-5-14(21)22)11(2)18-19(16)3/h4-9H,1-3H3,(H,21,22). The van der Waals surface area contributed by atoms with E-state index in [1.165, 1.54) is 0 Å². The molecule has 6 heteroatoms. The van der Waals surface area contributed by atoms with E-state index in [0.717, 1.165) is 39.7 Å². The molecular formula is C16H16N4O2. The summed E-state index contributed by atoms with van der Waals surface area (Å²) in [5.74, 6) is -0.193. The lowest BCUT2D eigenvalue weighted by Gasteiger charge is -2.07. The van der Waals surface area contributed by atoms with Crippen LogP contribution in [0.5, 0.6) is 0 Å². The van der Waals surface area contributed by atoms with Crippen molar-refractivity contribution >= 4 is 23.1 Å². The minimum Gasteiger partial charge on any atom is -0.478 e. The molecule has 0 saturated heterocycles. The molecule has 0 atom stereocenters. The third-order valence-electron chi connectivity index (χ3n) is 3.52. The van der Waals surface area contributed by atoms with E-state index in [-0.39, 0.29) is 0 Å². The molecule has 6 nitrogen and oxygen atoms in total. The number of aliphatic carboxylic acids is 1. The fourth-order valence-corrected chi connectivity index (χ4v) is 2.60. The van der Waals surface area contributed by atoms with Crippen molar-refractivity contribution in [3.05, 3.63) is 47.4 Å². The number of hydrogen-bond donors (Lipinski definition) is 1. The Labute approximate surface area is 127 Å². The van der Waals surface area contributed by atoms with Crippen molar-refractivity contribution in [3.63, 3.8) is 0 Å². The van der Waals surface area contributed by atoms with Crippen LogP contribution in [0.1, 0.15) is 16.8 Å². The Morgan fingerprint density at radius 2 is 2.14 bits per heavy atom. The van der Waals surface area contributed by atoms with Crippen molar-refractivity contribution < 1.29 is 9.90 Å². The first-order valence-electron chi connectivity index (χ1n) is 6.86. The zero-order valence-electron chi connectivity index (χ0n) is 12.6. The molecule has 22 heavy (non-hydrogen) atoms. The van der Waals surface area contributed by atoms with Crippen LogP contribution in [0.15, 0.2) is 30.6 Å². The number of aryl methyl sites for hydroxylation is 3. The third-order valence-corrected chi connectivity index (χ3v) is 3.52. The molecule has 0 aliphatic heterocycles. The van der Waals surface area contributed by atoms with Gasteiger partial charge in [-0.3, -0.25) is 9.25 Å². The largest absolute Gasteiger partial charge is 0.478 e. The molecule has 0 radical (unpaired) electrons. The molecule has 0 aromatic carbocycles. The predicted molar refractivity (Wildman–Crippen MR) is 84.0 cm³/mol. The molecule has 0 aliphatic rings. The Kier molecular flexibility index (Phi) is 3.29. The smallest absolute Gasteiger partial charge is 0.328 e. The van der Waals surface area contributed by atoms with Gasteiger partial charge in [-0.25, -0.2) is 9.78 Å². The van der Waals surface area contributed by atoms with E-state index >= 15 is 0 Å². The number of nitrogens with zero attached hydrogens (tertiary/aromatic N) is 4. The van der Waals surface area contributed by atoms with Crippen LogP contribution in [0, 0.1) is 13.8 Å². The molecule has 0 fully saturated rings. The first-order chi connectivity index (χ1) is 10.5. The van der Waals surface area contributed by atoms with E-state index in [1.807, 2.05) is 43.9 Å². The van der Waals surface area contributed by atoms with Gasteiger partial charge in [0, 0.05) is 36.5 Å². The van der Waals surface area contributed by atoms with Gasteiger partial charge in [-0.15, -0.1) is 0 Å². The van der Waals surface area contributed by atoms with Gasteiger partial charge in [-0.05, 0) is 37.6 Å². The maximum Gasteiger partial charge on any atom is 0.328 e. The first-order valence-corrected chi connectivity index (χ1v) is 6.86. The van der Waals surface area contributed by atoms with Crippen LogP contribution < -0.4 is 0 Å². The lowest BCUT2D eigenvalue weighted by molar-refractivity contribution is -0.131. The fourth-order valence-electron chi connectivity index (χ4n) is 2.60. The molecule has 3 aromatic heterocycles. The molecule has 3 aromatic rings. The summed E-state index contributed by atoms with van der Waals surface area (Å²) in [5.41, 5.74) is 3.45. The lowest BCUT2D eigenvalue weighted by atomic mass is 10.2. The van der Waals surface area contributed by atoms with Gasteiger partial charge < -0.3 is 5.11 Å². The molecular weight excluding hydrogens is 280 g/mol. The average Bonchev–Trinajstić information content (AvgIpc) is 2.96. The monoisotopic (exact) mass is 296 g/mol. The summed E-state index contributed by atoms with van der Waals surface area (Å²) in [7, 11) is 1.83. The van der Waals surface area contributed by atoms with Crippen molar-refractivity contribution in [3.8, 4) is 5.82 Å². The minimum atomic E-state index is -0.986. The van der Waals surface area contributed by atoms with E-state index in [9.17, 15) is 4.79 Å². The molecule has 1 N–H and O–H groups in total. The summed E-state index contributed by atoms with van der Waals surface area (Å²) < 4.78 is 3.66. The van der Waals surface area contributed by atoms with E-state index in [1.54, 1.807) is 10.8 Å². The van der Waals surface area contributed by atoms with Crippen LogP contribution in [0.25, 0.3) is 22.9 Å². The maximum atomic E-state index is 10.8. The molecule has 112 valence electrons. The van der Waals surface area contributed by atoms with E-state index in [2.05, 4.69) is 16.1 Å². The number of pyridine rings is 1. The van der Waals surface area contributed by atoms with Gasteiger partial charge in [0.05, 0.1) is 5.69 Å². The molecule has 0 spiro atoms. The second-order valence-electron chi connectivity index (χ2n) is 5.23. The molecule has 3 rings (SSSR count). The molecule has 3 heterocycles. The molecule has 0 saturated carbocycles. The van der Waals surface area contributed by atoms with Crippen molar-refractivity contribution in [1.82, 2.24) is 19.3 Å². The summed E-state index contributed by atoms with van der Waals surface area (Å²) in [5, 5.41) is 14.3. The van der Waals surface area contributed by atoms with Gasteiger partial charge in [0.1, 0.15) is 11.5 Å². The van der Waals surface area contributed by atoms with Crippen molar-refractivity contribution in [2.45, 2.75) is 13.8 Å². The molecule has 0 bridgehead atoms. The van der Waals surface area contributed by atoms with Crippen LogP contribution in [0.4, 0.5) is 0 Å². The fraction of sp³-hybridized carbons (Fsp3) is 0.188. The summed E-state index contributed by atoms with van der Waals surface area (Å²) in [6.45, 7) is 3.85. The Hall–Kier alpha value is -2.89. The first kappa shape index (κ1) is 14.1. The topological polar surface area (TPSA) is 72.9 Å². The third kappa shape index (κ3) is 2.28. The number of aromatic nitrogens is 4. The highest BCUT2D eigenvalue weighted by Crippen LogP contribution is 2.24. The van der Waals surface area contributed by atoms with E-state index in [4.69, 9.17) is 5.11 Å². The predicted octanol–water partition coefficient (Wildman–Crippen LogP) is 2.47. The molecule has 0 unspecified atom stereocenters. The number of fused-ring (bicyclic) bond motifs is 1. The van der Waals surface area contributed by atoms with Crippen LogP contribution in [0.2, 0.25) is 0 Å². The van der Waals surface area contributed by atoms with Gasteiger partial charge >= 0.3 is 5.97 Å². The molecule has 0 amide bonds. The van der Waals surface area contributed by atoms with Gasteiger partial charge in [-0.1, -0.05) is 0 Å². The van der Waals surface area contributed by atoms with Gasteiger partial charge in [0.2, 0.25) is 0 Å². The van der Waals surface area contributed by atoms with Crippen molar-refractivity contribution in [2.24, 2.45) is 7.05 Å². The SMILES string of the molecule is Cc1cnc2c(ccn2-c2c(C=CC(=O)O)c(C)nn2C)c1. The highest BCUT2D eigenvalue weighted by Gasteiger charge is 2.15. The number of carboxylic acids is 1. The Bertz CT molecular complexity index is 902. The number of hydrogen-bond acceptors (Lipinski definition) is 3. The highest BCUT2D eigenvalue weighted by molar-refractivity contribution is 5.87. The quantitative estimate of drug-likeness (QED) is 0.754. The van der Waals surface area contributed by atoms with E-state index in [0.29, 0.717) is 0 Å². The van der Waals surface area contributed by atoms with Crippen LogP contribution in [-0.4, -0.2) is 30.4 Å². The van der Waals surface area contributed by atoms with E-state index < -0.39 is 5.97 Å². The Balaban J connectivity index is 2.24. The summed E-state index contributed by atoms with van der Waals surface area (Å²) >= 11 is 0. The molecule has 0 aliphatic carbocycles. The highest BCUT2D eigenvalue weighted by atomic mass is 16.4. The summed E-state index contributed by atoms with van der Waals surface area (Å²) in [4.78, 5) is 15.3. The Morgan fingerprint density at radius 3 is 2.86 bits per heavy atom.